The number of aryl methyl sites for hydroxylation is 1. The highest BCUT2D eigenvalue weighted by Gasteiger charge is 2.25. The first-order valence-electron chi connectivity index (χ1n) is 11.1. The summed E-state index contributed by atoms with van der Waals surface area (Å²) in [6.45, 7) is 7.64. The topological polar surface area (TPSA) is 90.9 Å². The van der Waals surface area contributed by atoms with Crippen LogP contribution in [0.4, 0.5) is 17.1 Å². The highest BCUT2D eigenvalue weighted by atomic mass is 16.5. The molecule has 4 aromatic rings. The number of rotatable bonds is 8. The molecule has 2 N–H and O–H groups in total. The summed E-state index contributed by atoms with van der Waals surface area (Å²) in [6, 6.07) is 7.90. The van der Waals surface area contributed by atoms with Gasteiger partial charge in [-0.2, -0.15) is 0 Å². The lowest BCUT2D eigenvalue weighted by molar-refractivity contribution is 0.320. The number of benzene rings is 1. The van der Waals surface area contributed by atoms with E-state index in [0.29, 0.717) is 40.0 Å². The van der Waals surface area contributed by atoms with Crippen LogP contribution in [0.15, 0.2) is 72.7 Å². The standard InChI is InChI=1S/C25H27N7O2/c1-5-16(2)27-17-8-6-11-19(12-17)31-14-20(28-21-13-30(3)29-24(21)34-4)22-23(25(31)33)32(15-26-22)18-9-7-10-18/h5-6,8,11-15,18,27-28H,1-2,7,9-10H2,3-4H3. The van der Waals surface area contributed by atoms with Crippen LogP contribution in [0, 0.1) is 0 Å². The molecule has 0 atom stereocenters. The molecule has 1 aromatic carbocycles. The lowest BCUT2D eigenvalue weighted by Gasteiger charge is -2.27. The summed E-state index contributed by atoms with van der Waals surface area (Å²) in [5.41, 5.74) is 4.65. The molecular formula is C25H27N7O2. The Balaban J connectivity index is 1.68. The quantitative estimate of drug-likeness (QED) is 0.378. The molecule has 0 radical (unpaired) electrons. The van der Waals surface area contributed by atoms with E-state index in [1.165, 1.54) is 0 Å². The number of anilines is 3. The first-order valence-corrected chi connectivity index (χ1v) is 11.1. The predicted molar refractivity (Wildman–Crippen MR) is 134 cm³/mol. The number of allylic oxidation sites excluding steroid dienone is 1. The van der Waals surface area contributed by atoms with Gasteiger partial charge in [-0.3, -0.25) is 14.0 Å². The molecule has 174 valence electrons. The van der Waals surface area contributed by atoms with Crippen molar-refractivity contribution in [3.8, 4) is 11.6 Å². The van der Waals surface area contributed by atoms with Crippen molar-refractivity contribution in [2.75, 3.05) is 17.7 Å². The molecule has 5 rings (SSSR count). The average Bonchev–Trinajstić information content (AvgIpc) is 3.38. The van der Waals surface area contributed by atoms with Crippen LogP contribution in [-0.4, -0.2) is 31.0 Å². The number of ether oxygens (including phenoxy) is 1. The third-order valence-corrected chi connectivity index (χ3v) is 6.13. The molecule has 34 heavy (non-hydrogen) atoms. The van der Waals surface area contributed by atoms with Crippen molar-refractivity contribution < 1.29 is 4.74 Å². The monoisotopic (exact) mass is 457 g/mol. The van der Waals surface area contributed by atoms with Gasteiger partial charge in [0.1, 0.15) is 16.7 Å². The number of fused-ring (bicyclic) bond motifs is 1. The Morgan fingerprint density at radius 2 is 2.09 bits per heavy atom. The fourth-order valence-corrected chi connectivity index (χ4v) is 4.18. The summed E-state index contributed by atoms with van der Waals surface area (Å²) < 4.78 is 10.7. The number of hydrogen-bond donors (Lipinski definition) is 2. The fraction of sp³-hybridized carbons (Fsp3) is 0.240. The van der Waals surface area contributed by atoms with Gasteiger partial charge in [0.25, 0.3) is 11.4 Å². The largest absolute Gasteiger partial charge is 0.478 e. The molecule has 1 saturated carbocycles. The summed E-state index contributed by atoms with van der Waals surface area (Å²) in [4.78, 5) is 18.4. The number of aromatic nitrogens is 5. The molecule has 9 heteroatoms. The second kappa shape index (κ2) is 8.58. The number of pyridine rings is 1. The Bertz CT molecular complexity index is 1460. The van der Waals surface area contributed by atoms with E-state index in [0.717, 1.165) is 30.6 Å². The van der Waals surface area contributed by atoms with Gasteiger partial charge in [0, 0.05) is 30.7 Å². The summed E-state index contributed by atoms with van der Waals surface area (Å²) in [5, 5.41) is 10.9. The molecule has 0 saturated heterocycles. The number of imidazole rings is 1. The van der Waals surface area contributed by atoms with Crippen molar-refractivity contribution >= 4 is 28.1 Å². The van der Waals surface area contributed by atoms with Gasteiger partial charge in [0.15, 0.2) is 0 Å². The summed E-state index contributed by atoms with van der Waals surface area (Å²) in [7, 11) is 3.40. The van der Waals surface area contributed by atoms with Crippen LogP contribution in [-0.2, 0) is 7.05 Å². The second-order valence-corrected chi connectivity index (χ2v) is 8.41. The van der Waals surface area contributed by atoms with Gasteiger partial charge in [-0.1, -0.05) is 19.2 Å². The maximum absolute atomic E-state index is 13.8. The zero-order valence-corrected chi connectivity index (χ0v) is 19.3. The number of nitrogens with zero attached hydrogens (tertiary/aromatic N) is 5. The molecule has 0 spiro atoms. The molecule has 1 aliphatic rings. The second-order valence-electron chi connectivity index (χ2n) is 8.41. The average molecular weight is 458 g/mol. The normalized spacial score (nSPS) is 13.5. The van der Waals surface area contributed by atoms with Crippen molar-refractivity contribution in [2.24, 2.45) is 7.05 Å². The number of methoxy groups -OCH3 is 1. The van der Waals surface area contributed by atoms with Gasteiger partial charge < -0.3 is 19.9 Å². The predicted octanol–water partition coefficient (Wildman–Crippen LogP) is 4.51. The Hall–Kier alpha value is -4.27. The fourth-order valence-electron chi connectivity index (χ4n) is 4.18. The molecule has 3 aromatic heterocycles. The minimum atomic E-state index is -0.122. The Kier molecular flexibility index (Phi) is 5.45. The van der Waals surface area contributed by atoms with E-state index in [-0.39, 0.29) is 5.56 Å². The molecular weight excluding hydrogens is 430 g/mol. The highest BCUT2D eigenvalue weighted by molar-refractivity contribution is 5.90. The molecule has 1 aliphatic carbocycles. The van der Waals surface area contributed by atoms with Crippen LogP contribution in [0.1, 0.15) is 25.3 Å². The highest BCUT2D eigenvalue weighted by Crippen LogP contribution is 2.35. The molecule has 0 unspecified atom stereocenters. The van der Waals surface area contributed by atoms with Gasteiger partial charge in [0.2, 0.25) is 0 Å². The van der Waals surface area contributed by atoms with Crippen molar-refractivity contribution in [1.29, 1.82) is 0 Å². The van der Waals surface area contributed by atoms with E-state index in [2.05, 4.69) is 33.9 Å². The molecule has 1 fully saturated rings. The number of nitrogens with one attached hydrogen (secondary N) is 2. The summed E-state index contributed by atoms with van der Waals surface area (Å²) >= 11 is 0. The van der Waals surface area contributed by atoms with Crippen molar-refractivity contribution in [3.05, 3.63) is 78.3 Å². The molecule has 0 aliphatic heterocycles. The zero-order chi connectivity index (χ0) is 23.8. The lowest BCUT2D eigenvalue weighted by Crippen LogP contribution is -2.24. The third-order valence-electron chi connectivity index (χ3n) is 6.13. The molecule has 9 nitrogen and oxygen atoms in total. The zero-order valence-electron chi connectivity index (χ0n) is 19.3. The Morgan fingerprint density at radius 3 is 2.79 bits per heavy atom. The van der Waals surface area contributed by atoms with Crippen LogP contribution < -0.4 is 20.9 Å². The first-order chi connectivity index (χ1) is 16.5. The minimum absolute atomic E-state index is 0.122. The minimum Gasteiger partial charge on any atom is -0.478 e. The van der Waals surface area contributed by atoms with Gasteiger partial charge >= 0.3 is 0 Å². The first kappa shape index (κ1) is 21.6. The van der Waals surface area contributed by atoms with Crippen LogP contribution in [0.3, 0.4) is 0 Å². The van der Waals surface area contributed by atoms with Crippen molar-refractivity contribution in [1.82, 2.24) is 23.9 Å². The van der Waals surface area contributed by atoms with Crippen molar-refractivity contribution in [3.63, 3.8) is 0 Å². The van der Waals surface area contributed by atoms with E-state index in [4.69, 9.17) is 4.74 Å². The smallest absolute Gasteiger partial charge is 0.281 e. The van der Waals surface area contributed by atoms with Crippen LogP contribution in [0.5, 0.6) is 5.88 Å². The van der Waals surface area contributed by atoms with Gasteiger partial charge in [0.05, 0.1) is 31.0 Å². The summed E-state index contributed by atoms with van der Waals surface area (Å²) in [6.07, 6.45) is 10.3. The van der Waals surface area contributed by atoms with Gasteiger partial charge in [-0.15, -0.1) is 5.10 Å². The summed E-state index contributed by atoms with van der Waals surface area (Å²) in [5.74, 6) is 0.459. The SMILES string of the molecule is C=CC(=C)Nc1cccc(-n2cc(Nc3cn(C)nc3OC)c3ncn(C4CCC4)c3c2=O)c1. The molecule has 0 amide bonds. The Morgan fingerprint density at radius 1 is 1.26 bits per heavy atom. The third kappa shape index (κ3) is 3.75. The van der Waals surface area contributed by atoms with E-state index in [9.17, 15) is 4.79 Å². The van der Waals surface area contributed by atoms with Crippen LogP contribution >= 0.6 is 0 Å². The van der Waals surface area contributed by atoms with Crippen molar-refractivity contribution in [2.45, 2.75) is 25.3 Å². The Labute approximate surface area is 197 Å². The number of hydrogen-bond acceptors (Lipinski definition) is 6. The lowest BCUT2D eigenvalue weighted by atomic mass is 9.93. The molecule has 3 heterocycles. The van der Waals surface area contributed by atoms with Gasteiger partial charge in [-0.25, -0.2) is 4.98 Å². The maximum atomic E-state index is 13.8. The van der Waals surface area contributed by atoms with Crippen LogP contribution in [0.25, 0.3) is 16.7 Å². The van der Waals surface area contributed by atoms with E-state index >= 15 is 0 Å². The van der Waals surface area contributed by atoms with E-state index in [1.54, 1.807) is 35.0 Å². The molecule has 0 bridgehead atoms. The van der Waals surface area contributed by atoms with Gasteiger partial charge in [-0.05, 0) is 43.5 Å². The van der Waals surface area contributed by atoms with E-state index < -0.39 is 0 Å². The van der Waals surface area contributed by atoms with Crippen LogP contribution in [0.2, 0.25) is 0 Å². The van der Waals surface area contributed by atoms with E-state index in [1.807, 2.05) is 42.1 Å². The maximum Gasteiger partial charge on any atom is 0.281 e.